The molecule has 0 aliphatic carbocycles. The van der Waals surface area contributed by atoms with Crippen molar-refractivity contribution in [3.63, 3.8) is 0 Å². The zero-order chi connectivity index (χ0) is 25.2. The Balaban J connectivity index is 2.04. The lowest BCUT2D eigenvalue weighted by atomic mass is 9.95. The third kappa shape index (κ3) is 5.07. The van der Waals surface area contributed by atoms with Crippen molar-refractivity contribution < 1.29 is 4.79 Å². The molecule has 1 aromatic heterocycles. The minimum Gasteiger partial charge on any atom is -0.357 e. The van der Waals surface area contributed by atoms with Gasteiger partial charge in [-0.1, -0.05) is 91.9 Å². The molecule has 176 valence electrons. The monoisotopic (exact) mass is 499 g/mol. The van der Waals surface area contributed by atoms with Crippen LogP contribution in [0.2, 0.25) is 24.7 Å². The molecule has 1 unspecified atom stereocenters. The van der Waals surface area contributed by atoms with Crippen molar-refractivity contribution >= 4 is 36.5 Å². The van der Waals surface area contributed by atoms with Gasteiger partial charge in [-0.05, 0) is 29.3 Å². The smallest absolute Gasteiger partial charge is 0.270 e. The SMILES string of the molecule is C[Si](C)(C)CNC(=O)C(c1ccc(Cl)cc1)n1c(=O)c(C#N)c(-c2ccccc2)c2ccccc21. The van der Waals surface area contributed by atoms with Gasteiger partial charge in [-0.2, -0.15) is 5.26 Å². The van der Waals surface area contributed by atoms with E-state index >= 15 is 0 Å². The molecule has 1 heterocycles. The maximum Gasteiger partial charge on any atom is 0.270 e. The number of nitrogens with zero attached hydrogens (tertiary/aromatic N) is 2. The van der Waals surface area contributed by atoms with E-state index in [-0.39, 0.29) is 11.5 Å². The molecule has 0 saturated carbocycles. The number of carbonyl (C=O) groups excluding carboxylic acids is 1. The van der Waals surface area contributed by atoms with Crippen molar-refractivity contribution in [3.05, 3.63) is 105 Å². The summed E-state index contributed by atoms with van der Waals surface area (Å²) in [5.74, 6) is -0.293. The van der Waals surface area contributed by atoms with E-state index in [0.29, 0.717) is 27.8 Å². The number of benzene rings is 3. The topological polar surface area (TPSA) is 74.9 Å². The van der Waals surface area contributed by atoms with E-state index in [9.17, 15) is 14.9 Å². The van der Waals surface area contributed by atoms with E-state index in [1.165, 1.54) is 4.57 Å². The molecule has 0 radical (unpaired) electrons. The van der Waals surface area contributed by atoms with E-state index in [0.717, 1.165) is 10.9 Å². The number of hydrogen-bond acceptors (Lipinski definition) is 3. The van der Waals surface area contributed by atoms with E-state index < -0.39 is 19.7 Å². The van der Waals surface area contributed by atoms with Gasteiger partial charge in [-0.3, -0.25) is 14.2 Å². The Labute approximate surface area is 210 Å². The van der Waals surface area contributed by atoms with Crippen LogP contribution in [0.25, 0.3) is 22.0 Å². The number of para-hydroxylation sites is 1. The van der Waals surface area contributed by atoms with Crippen LogP contribution in [-0.2, 0) is 4.79 Å². The van der Waals surface area contributed by atoms with Crippen molar-refractivity contribution in [2.75, 3.05) is 6.17 Å². The Morgan fingerprint density at radius 3 is 2.26 bits per heavy atom. The van der Waals surface area contributed by atoms with Crippen LogP contribution in [0.3, 0.4) is 0 Å². The summed E-state index contributed by atoms with van der Waals surface area (Å²) in [6.45, 7) is 6.48. The fourth-order valence-electron chi connectivity index (χ4n) is 4.14. The van der Waals surface area contributed by atoms with Crippen LogP contribution in [-0.4, -0.2) is 24.7 Å². The average Bonchev–Trinajstić information content (AvgIpc) is 2.85. The number of fused-ring (bicyclic) bond motifs is 1. The molecule has 0 bridgehead atoms. The fraction of sp³-hybridized carbons (Fsp3) is 0.179. The van der Waals surface area contributed by atoms with Crippen molar-refractivity contribution in [1.82, 2.24) is 9.88 Å². The number of carbonyl (C=O) groups is 1. The molecule has 5 nitrogen and oxygen atoms in total. The summed E-state index contributed by atoms with van der Waals surface area (Å²) in [5.41, 5.74) is 2.04. The van der Waals surface area contributed by atoms with Crippen LogP contribution in [0, 0.1) is 11.3 Å². The molecule has 0 aliphatic heterocycles. The molecule has 3 aromatic carbocycles. The second-order valence-electron chi connectivity index (χ2n) is 9.65. The van der Waals surface area contributed by atoms with Crippen LogP contribution in [0.4, 0.5) is 0 Å². The summed E-state index contributed by atoms with van der Waals surface area (Å²) in [5, 5.41) is 14.4. The summed E-state index contributed by atoms with van der Waals surface area (Å²) in [6, 6.07) is 24.9. The first-order valence-corrected chi connectivity index (χ1v) is 15.5. The number of amides is 1. The lowest BCUT2D eigenvalue weighted by Crippen LogP contribution is -2.45. The largest absolute Gasteiger partial charge is 0.357 e. The predicted molar refractivity (Wildman–Crippen MR) is 144 cm³/mol. The number of pyridine rings is 1. The maximum absolute atomic E-state index is 13.9. The summed E-state index contributed by atoms with van der Waals surface area (Å²) in [7, 11) is -1.61. The van der Waals surface area contributed by atoms with Crippen LogP contribution in [0.1, 0.15) is 17.2 Å². The predicted octanol–water partition coefficient (Wildman–Crippen LogP) is 5.78. The zero-order valence-electron chi connectivity index (χ0n) is 19.9. The Morgan fingerprint density at radius 2 is 1.63 bits per heavy atom. The van der Waals surface area contributed by atoms with Gasteiger partial charge >= 0.3 is 0 Å². The number of aromatic nitrogens is 1. The Hall–Kier alpha value is -3.66. The number of nitrogens with one attached hydrogen (secondary N) is 1. The van der Waals surface area contributed by atoms with Crippen LogP contribution < -0.4 is 10.9 Å². The first kappa shape index (κ1) is 24.5. The van der Waals surface area contributed by atoms with Crippen LogP contribution in [0.15, 0.2) is 83.7 Å². The lowest BCUT2D eigenvalue weighted by molar-refractivity contribution is -0.122. The zero-order valence-corrected chi connectivity index (χ0v) is 21.6. The fourth-order valence-corrected chi connectivity index (χ4v) is 4.97. The molecule has 0 saturated heterocycles. The number of rotatable bonds is 6. The lowest BCUT2D eigenvalue weighted by Gasteiger charge is -2.25. The van der Waals surface area contributed by atoms with Gasteiger partial charge in [0, 0.05) is 22.1 Å². The molecular formula is C28H26ClN3O2Si. The molecule has 1 atom stereocenters. The van der Waals surface area contributed by atoms with E-state index in [2.05, 4.69) is 31.0 Å². The average molecular weight is 500 g/mol. The Morgan fingerprint density at radius 1 is 1.00 bits per heavy atom. The molecule has 4 aromatic rings. The third-order valence-electron chi connectivity index (χ3n) is 5.78. The van der Waals surface area contributed by atoms with Crippen molar-refractivity contribution in [2.24, 2.45) is 0 Å². The van der Waals surface area contributed by atoms with Crippen LogP contribution >= 0.6 is 11.6 Å². The highest BCUT2D eigenvalue weighted by molar-refractivity contribution is 6.76. The van der Waals surface area contributed by atoms with Crippen molar-refractivity contribution in [2.45, 2.75) is 25.7 Å². The molecule has 0 spiro atoms. The summed E-state index contributed by atoms with van der Waals surface area (Å²) in [4.78, 5) is 27.6. The van der Waals surface area contributed by atoms with Gasteiger partial charge in [-0.15, -0.1) is 0 Å². The number of nitriles is 1. The highest BCUT2D eigenvalue weighted by Gasteiger charge is 2.29. The van der Waals surface area contributed by atoms with Crippen LogP contribution in [0.5, 0.6) is 0 Å². The van der Waals surface area contributed by atoms with Gasteiger partial charge in [0.25, 0.3) is 5.56 Å². The normalized spacial score (nSPS) is 12.2. The van der Waals surface area contributed by atoms with Crippen molar-refractivity contribution in [1.29, 1.82) is 5.26 Å². The maximum atomic E-state index is 13.9. The first-order chi connectivity index (χ1) is 16.7. The Kier molecular flexibility index (Phi) is 6.92. The highest BCUT2D eigenvalue weighted by Crippen LogP contribution is 2.33. The van der Waals surface area contributed by atoms with Gasteiger partial charge in [0.15, 0.2) is 0 Å². The van der Waals surface area contributed by atoms with Gasteiger partial charge in [0.1, 0.15) is 17.7 Å². The van der Waals surface area contributed by atoms with Crippen molar-refractivity contribution in [3.8, 4) is 17.2 Å². The quantitative estimate of drug-likeness (QED) is 0.342. The summed E-state index contributed by atoms with van der Waals surface area (Å²) < 4.78 is 1.45. The molecule has 1 N–H and O–H groups in total. The van der Waals surface area contributed by atoms with Gasteiger partial charge < -0.3 is 5.32 Å². The first-order valence-electron chi connectivity index (χ1n) is 11.4. The second kappa shape index (κ2) is 9.91. The second-order valence-corrected chi connectivity index (χ2v) is 15.6. The van der Waals surface area contributed by atoms with Gasteiger partial charge in [0.05, 0.1) is 13.6 Å². The third-order valence-corrected chi connectivity index (χ3v) is 7.26. The molecule has 4 rings (SSSR count). The minimum atomic E-state index is -1.61. The summed E-state index contributed by atoms with van der Waals surface area (Å²) >= 11 is 6.12. The van der Waals surface area contributed by atoms with E-state index in [4.69, 9.17) is 11.6 Å². The highest BCUT2D eigenvalue weighted by atomic mass is 35.5. The van der Waals surface area contributed by atoms with Gasteiger partial charge in [0.2, 0.25) is 5.91 Å². The molecule has 1 amide bonds. The minimum absolute atomic E-state index is 0.00635. The summed E-state index contributed by atoms with van der Waals surface area (Å²) in [6.07, 6.45) is 0.565. The number of halogens is 1. The molecule has 0 fully saturated rings. The standard InChI is InChI=1S/C28H26ClN3O2Si/c1-35(2,3)18-31-27(33)26(20-13-15-21(29)16-14-20)32-24-12-8-7-11-22(24)25(23(17-30)28(32)34)19-9-5-4-6-10-19/h4-16,26H,18H2,1-3H3,(H,31,33). The Bertz CT molecular complexity index is 1480. The molecule has 0 aliphatic rings. The molecule has 35 heavy (non-hydrogen) atoms. The molecule has 7 heteroatoms. The number of hydrogen-bond donors (Lipinski definition) is 1. The van der Waals surface area contributed by atoms with Gasteiger partial charge in [-0.25, -0.2) is 0 Å². The van der Waals surface area contributed by atoms with E-state index in [1.807, 2.05) is 54.6 Å². The van der Waals surface area contributed by atoms with E-state index in [1.54, 1.807) is 24.3 Å². The molecular weight excluding hydrogens is 474 g/mol.